The summed E-state index contributed by atoms with van der Waals surface area (Å²) in [7, 11) is 0. The Balaban J connectivity index is 1.58. The van der Waals surface area contributed by atoms with Crippen LogP contribution in [-0.2, 0) is 11.3 Å². The number of rotatable bonds is 8. The van der Waals surface area contributed by atoms with E-state index >= 15 is 0 Å². The molecule has 0 radical (unpaired) electrons. The standard InChI is InChI=1S/C22H31N5O2S/c1-4-27-20(16(3)23-21(29)17-11-6-5-7-12-17)25-26-22(27)30-14-19(28)24-18-13-9-8-10-15(18)2/h5-7,11-12,15-16,18H,4,8-10,13-14H2,1-3H3,(H,23,29)(H,24,28)/t15-,16+,18+/m0/s1. The highest BCUT2D eigenvalue weighted by Crippen LogP contribution is 2.24. The van der Waals surface area contributed by atoms with Crippen molar-refractivity contribution in [1.29, 1.82) is 0 Å². The summed E-state index contributed by atoms with van der Waals surface area (Å²) >= 11 is 1.39. The maximum absolute atomic E-state index is 12.4. The third kappa shape index (κ3) is 5.62. The maximum atomic E-state index is 12.4. The Morgan fingerprint density at radius 1 is 1.20 bits per heavy atom. The van der Waals surface area contributed by atoms with E-state index in [0.29, 0.717) is 34.8 Å². The Bertz CT molecular complexity index is 854. The van der Waals surface area contributed by atoms with Crippen molar-refractivity contribution in [2.24, 2.45) is 5.92 Å². The number of aromatic nitrogens is 3. The summed E-state index contributed by atoms with van der Waals surface area (Å²) in [6.45, 7) is 6.77. The largest absolute Gasteiger partial charge is 0.352 e. The summed E-state index contributed by atoms with van der Waals surface area (Å²) < 4.78 is 1.96. The predicted molar refractivity (Wildman–Crippen MR) is 118 cm³/mol. The van der Waals surface area contributed by atoms with Crippen LogP contribution in [0.15, 0.2) is 35.5 Å². The van der Waals surface area contributed by atoms with Crippen molar-refractivity contribution in [2.45, 2.75) is 70.2 Å². The van der Waals surface area contributed by atoms with Crippen LogP contribution >= 0.6 is 11.8 Å². The van der Waals surface area contributed by atoms with E-state index in [1.807, 2.05) is 36.6 Å². The lowest BCUT2D eigenvalue weighted by Gasteiger charge is -2.29. The zero-order chi connectivity index (χ0) is 21.5. The minimum atomic E-state index is -0.295. The first kappa shape index (κ1) is 22.3. The van der Waals surface area contributed by atoms with Gasteiger partial charge in [-0.2, -0.15) is 0 Å². The summed E-state index contributed by atoms with van der Waals surface area (Å²) in [4.78, 5) is 24.9. The first-order chi connectivity index (χ1) is 14.5. The van der Waals surface area contributed by atoms with Crippen LogP contribution in [0.2, 0.25) is 0 Å². The number of nitrogens with one attached hydrogen (secondary N) is 2. The van der Waals surface area contributed by atoms with Gasteiger partial charge in [-0.05, 0) is 44.7 Å². The Morgan fingerprint density at radius 2 is 1.93 bits per heavy atom. The summed E-state index contributed by atoms with van der Waals surface area (Å²) in [5.41, 5.74) is 0.607. The fraction of sp³-hybridized carbons (Fsp3) is 0.545. The van der Waals surface area contributed by atoms with Crippen molar-refractivity contribution in [3.8, 4) is 0 Å². The zero-order valence-electron chi connectivity index (χ0n) is 17.9. The van der Waals surface area contributed by atoms with Gasteiger partial charge in [-0.15, -0.1) is 10.2 Å². The summed E-state index contributed by atoms with van der Waals surface area (Å²) in [5.74, 6) is 1.42. The second-order valence-electron chi connectivity index (χ2n) is 7.87. The van der Waals surface area contributed by atoms with Crippen LogP contribution in [0.1, 0.15) is 68.7 Å². The molecule has 1 aliphatic carbocycles. The average Bonchev–Trinajstić information content (AvgIpc) is 3.17. The average molecular weight is 430 g/mol. The zero-order valence-corrected chi connectivity index (χ0v) is 18.7. The Morgan fingerprint density at radius 3 is 2.63 bits per heavy atom. The van der Waals surface area contributed by atoms with Gasteiger partial charge in [-0.1, -0.05) is 49.7 Å². The van der Waals surface area contributed by atoms with E-state index in [0.717, 1.165) is 6.42 Å². The minimum Gasteiger partial charge on any atom is -0.352 e. The molecule has 1 aromatic heterocycles. The fourth-order valence-electron chi connectivity index (χ4n) is 3.87. The maximum Gasteiger partial charge on any atom is 0.251 e. The number of thioether (sulfide) groups is 1. The van der Waals surface area contributed by atoms with E-state index in [2.05, 4.69) is 27.8 Å². The van der Waals surface area contributed by atoms with Crippen LogP contribution in [-0.4, -0.2) is 38.4 Å². The lowest BCUT2D eigenvalue weighted by Crippen LogP contribution is -2.41. The minimum absolute atomic E-state index is 0.0383. The molecule has 0 bridgehead atoms. The Labute approximate surface area is 182 Å². The first-order valence-corrected chi connectivity index (χ1v) is 11.7. The molecule has 8 heteroatoms. The van der Waals surface area contributed by atoms with Gasteiger partial charge in [0.05, 0.1) is 11.8 Å². The molecule has 1 saturated carbocycles. The van der Waals surface area contributed by atoms with E-state index in [1.165, 1.54) is 31.0 Å². The first-order valence-electron chi connectivity index (χ1n) is 10.7. The van der Waals surface area contributed by atoms with E-state index in [1.54, 1.807) is 12.1 Å². The smallest absolute Gasteiger partial charge is 0.251 e. The predicted octanol–water partition coefficient (Wildman–Crippen LogP) is 3.58. The highest BCUT2D eigenvalue weighted by Gasteiger charge is 2.24. The fourth-order valence-corrected chi connectivity index (χ4v) is 4.69. The SMILES string of the molecule is CCn1c(SCC(=O)N[C@@H]2CCCC[C@@H]2C)nnc1[C@@H](C)NC(=O)c1ccccc1. The lowest BCUT2D eigenvalue weighted by molar-refractivity contribution is -0.119. The van der Waals surface area contributed by atoms with Crippen LogP contribution in [0.3, 0.4) is 0 Å². The molecule has 7 nitrogen and oxygen atoms in total. The molecule has 1 fully saturated rings. The van der Waals surface area contributed by atoms with Crippen molar-refractivity contribution in [2.75, 3.05) is 5.75 Å². The van der Waals surface area contributed by atoms with Crippen LogP contribution in [0.5, 0.6) is 0 Å². The summed E-state index contributed by atoms with van der Waals surface area (Å²) in [6, 6.07) is 9.09. The number of carbonyl (C=O) groups excluding carboxylic acids is 2. The number of benzene rings is 1. The number of nitrogens with zero attached hydrogens (tertiary/aromatic N) is 3. The summed E-state index contributed by atoms with van der Waals surface area (Å²) in [5, 5.41) is 15.4. The van der Waals surface area contributed by atoms with Crippen LogP contribution in [0.25, 0.3) is 0 Å². The number of carbonyl (C=O) groups is 2. The van der Waals surface area contributed by atoms with Gasteiger partial charge in [-0.3, -0.25) is 9.59 Å². The lowest BCUT2D eigenvalue weighted by atomic mass is 9.86. The van der Waals surface area contributed by atoms with Crippen molar-refractivity contribution in [3.63, 3.8) is 0 Å². The van der Waals surface area contributed by atoms with Crippen LogP contribution in [0.4, 0.5) is 0 Å². The van der Waals surface area contributed by atoms with Gasteiger partial charge in [-0.25, -0.2) is 0 Å². The number of amides is 2. The van der Waals surface area contributed by atoms with Crippen molar-refractivity contribution in [1.82, 2.24) is 25.4 Å². The monoisotopic (exact) mass is 429 g/mol. The molecule has 1 aliphatic rings. The van der Waals surface area contributed by atoms with Crippen molar-refractivity contribution in [3.05, 3.63) is 41.7 Å². The highest BCUT2D eigenvalue weighted by atomic mass is 32.2. The quantitative estimate of drug-likeness (QED) is 0.626. The van der Waals surface area contributed by atoms with E-state index in [9.17, 15) is 9.59 Å². The molecule has 30 heavy (non-hydrogen) atoms. The molecule has 0 saturated heterocycles. The number of hydrogen-bond donors (Lipinski definition) is 2. The topological polar surface area (TPSA) is 88.9 Å². The van der Waals surface area contributed by atoms with Gasteiger partial charge in [0.15, 0.2) is 11.0 Å². The molecule has 162 valence electrons. The van der Waals surface area contributed by atoms with Crippen LogP contribution < -0.4 is 10.6 Å². The molecule has 2 amide bonds. The molecule has 1 aromatic carbocycles. The molecule has 0 aliphatic heterocycles. The molecule has 0 spiro atoms. The second-order valence-corrected chi connectivity index (χ2v) is 8.81. The molecule has 0 unspecified atom stereocenters. The van der Waals surface area contributed by atoms with Crippen molar-refractivity contribution < 1.29 is 9.59 Å². The summed E-state index contributed by atoms with van der Waals surface area (Å²) in [6.07, 6.45) is 4.68. The normalized spacial score (nSPS) is 19.8. The van der Waals surface area contributed by atoms with E-state index < -0.39 is 0 Å². The molecule has 3 rings (SSSR count). The molecule has 2 aromatic rings. The van der Waals surface area contributed by atoms with Gasteiger partial charge in [0, 0.05) is 18.2 Å². The van der Waals surface area contributed by atoms with Gasteiger partial charge >= 0.3 is 0 Å². The molecular weight excluding hydrogens is 398 g/mol. The highest BCUT2D eigenvalue weighted by molar-refractivity contribution is 7.99. The van der Waals surface area contributed by atoms with Crippen LogP contribution in [0, 0.1) is 5.92 Å². The van der Waals surface area contributed by atoms with E-state index in [-0.39, 0.29) is 23.9 Å². The van der Waals surface area contributed by atoms with E-state index in [4.69, 9.17) is 0 Å². The second kappa shape index (κ2) is 10.6. The van der Waals surface area contributed by atoms with Gasteiger partial charge in [0.1, 0.15) is 0 Å². The Hall–Kier alpha value is -2.35. The van der Waals surface area contributed by atoms with Gasteiger partial charge in [0.2, 0.25) is 5.91 Å². The third-order valence-corrected chi connectivity index (χ3v) is 6.59. The third-order valence-electron chi connectivity index (χ3n) is 5.62. The number of hydrogen-bond acceptors (Lipinski definition) is 5. The van der Waals surface area contributed by atoms with Gasteiger partial charge < -0.3 is 15.2 Å². The molecule has 2 N–H and O–H groups in total. The molecule has 3 atom stereocenters. The molecule has 1 heterocycles. The van der Waals surface area contributed by atoms with Crippen molar-refractivity contribution >= 4 is 23.6 Å². The van der Waals surface area contributed by atoms with Gasteiger partial charge in [0.25, 0.3) is 5.91 Å². The molecular formula is C22H31N5O2S. The Kier molecular flexibility index (Phi) is 7.90.